The summed E-state index contributed by atoms with van der Waals surface area (Å²) in [7, 11) is -5.15. The van der Waals surface area contributed by atoms with Crippen LogP contribution in [0.1, 0.15) is 10.4 Å². The maximum atomic E-state index is 12.3. The van der Waals surface area contributed by atoms with Crippen molar-refractivity contribution in [3.63, 3.8) is 0 Å². The second-order valence-corrected chi connectivity index (χ2v) is 11.6. The molecular weight excluding hydrogens is 605 g/mol. The molecule has 0 aliphatic heterocycles. The van der Waals surface area contributed by atoms with Gasteiger partial charge in [-0.2, -0.15) is 0 Å². The Morgan fingerprint density at radius 2 is 1.80 bits per heavy atom. The van der Waals surface area contributed by atoms with Gasteiger partial charge in [0, 0.05) is 34.6 Å². The third kappa shape index (κ3) is 9.57. The Labute approximate surface area is 288 Å². The summed E-state index contributed by atoms with van der Waals surface area (Å²) in [5, 5.41) is 9.37. The topological polar surface area (TPSA) is 164 Å². The van der Waals surface area contributed by atoms with Crippen LogP contribution >= 0.6 is 30.5 Å². The van der Waals surface area contributed by atoms with Crippen molar-refractivity contribution in [1.29, 1.82) is 0 Å². The summed E-state index contributed by atoms with van der Waals surface area (Å²) < 4.78 is 16.3. The van der Waals surface area contributed by atoms with E-state index >= 15 is 0 Å². The van der Waals surface area contributed by atoms with Crippen molar-refractivity contribution in [2.75, 3.05) is 22.5 Å². The molecular formula is C25H21N6Na2O5PS2. The molecule has 200 valence electrons. The Bertz CT molecular complexity index is 1700. The van der Waals surface area contributed by atoms with Crippen LogP contribution in [0.15, 0.2) is 67.1 Å². The minimum Gasteiger partial charge on any atom is -0.780 e. The normalized spacial score (nSPS) is 10.8. The molecule has 3 heterocycles. The zero-order chi connectivity index (χ0) is 27.4. The number of carbonyl (C=O) groups excluding carboxylic acids is 1. The number of fused-ring (bicyclic) bond motifs is 1. The van der Waals surface area contributed by atoms with Crippen molar-refractivity contribution < 1.29 is 82.8 Å². The summed E-state index contributed by atoms with van der Waals surface area (Å²) in [6, 6.07) is 15.3. The van der Waals surface area contributed by atoms with Crippen LogP contribution in [0.25, 0.3) is 20.7 Å². The Hall–Kier alpha value is -1.87. The zero-order valence-corrected chi connectivity index (χ0v) is 28.9. The number of thiophene rings is 1. The first-order valence-electron chi connectivity index (χ1n) is 11.6. The molecule has 0 atom stereocenters. The van der Waals surface area contributed by atoms with Gasteiger partial charge in [0.1, 0.15) is 25.7 Å². The van der Waals surface area contributed by atoms with Gasteiger partial charge >= 0.3 is 65.1 Å². The Kier molecular flexibility index (Phi) is 12.3. The van der Waals surface area contributed by atoms with Gasteiger partial charge in [-0.25, -0.2) is 19.7 Å². The van der Waals surface area contributed by atoms with Crippen molar-refractivity contribution in [3.05, 3.63) is 77.6 Å². The molecule has 3 N–H and O–H groups in total. The number of aryl methyl sites for hydroxylation is 1. The number of aromatic nitrogens is 3. The predicted octanol–water partition coefficient (Wildman–Crippen LogP) is -1.36. The summed E-state index contributed by atoms with van der Waals surface area (Å²) in [6.07, 6.45) is 3.85. The summed E-state index contributed by atoms with van der Waals surface area (Å²) >= 11 is 2.82. The summed E-state index contributed by atoms with van der Waals surface area (Å²) in [5.74, 6) is 0.612. The first-order chi connectivity index (χ1) is 18.7. The number of phosphoric acid groups is 1. The minimum atomic E-state index is -5.15. The SMILES string of the molecule is Cc1cccc(NC(=O)Nc2ncc(CCNc3ncnc4cc(-c5cccc(OP(=O)([O-])[O-])c5)sc34)s2)c1.[Na+].[Na+]. The molecule has 0 saturated carbocycles. The second-order valence-electron chi connectivity index (χ2n) is 8.37. The molecule has 0 aliphatic rings. The molecule has 11 nitrogen and oxygen atoms in total. The third-order valence-electron chi connectivity index (χ3n) is 5.36. The molecule has 5 rings (SSSR count). The number of benzene rings is 2. The van der Waals surface area contributed by atoms with Crippen LogP contribution in [0.3, 0.4) is 0 Å². The Balaban J connectivity index is 0.00000231. The van der Waals surface area contributed by atoms with Crippen molar-refractivity contribution in [2.24, 2.45) is 0 Å². The maximum Gasteiger partial charge on any atom is 1.00 e. The molecule has 0 unspecified atom stereocenters. The molecule has 0 bridgehead atoms. The van der Waals surface area contributed by atoms with Gasteiger partial charge in [-0.3, -0.25) is 5.32 Å². The maximum absolute atomic E-state index is 12.3. The summed E-state index contributed by atoms with van der Waals surface area (Å²) in [4.78, 5) is 49.0. The second kappa shape index (κ2) is 15.0. The molecule has 2 aromatic carbocycles. The Morgan fingerprint density at radius 3 is 2.59 bits per heavy atom. The average Bonchev–Trinajstić information content (AvgIpc) is 3.50. The largest absolute Gasteiger partial charge is 1.00 e. The molecule has 0 fully saturated rings. The summed E-state index contributed by atoms with van der Waals surface area (Å²) in [6.45, 7) is 2.53. The van der Waals surface area contributed by atoms with Crippen LogP contribution in [0, 0.1) is 6.92 Å². The van der Waals surface area contributed by atoms with E-state index in [0.717, 1.165) is 25.5 Å². The number of nitrogens with zero attached hydrogens (tertiary/aromatic N) is 3. The van der Waals surface area contributed by atoms with E-state index in [-0.39, 0.29) is 70.9 Å². The van der Waals surface area contributed by atoms with Crippen molar-refractivity contribution >= 4 is 63.4 Å². The first kappa shape index (κ1) is 33.6. The molecule has 2 amide bonds. The zero-order valence-electron chi connectivity index (χ0n) is 22.4. The molecule has 0 saturated heterocycles. The fourth-order valence-corrected chi connectivity index (χ4v) is 5.98. The van der Waals surface area contributed by atoms with Crippen LogP contribution in [-0.4, -0.2) is 27.5 Å². The molecule has 0 spiro atoms. The van der Waals surface area contributed by atoms with E-state index in [1.54, 1.807) is 18.3 Å². The van der Waals surface area contributed by atoms with Crippen LogP contribution in [0.5, 0.6) is 5.75 Å². The molecule has 5 aromatic rings. The van der Waals surface area contributed by atoms with Gasteiger partial charge in [0.15, 0.2) is 5.13 Å². The van der Waals surface area contributed by atoms with Gasteiger partial charge in [0.25, 0.3) is 0 Å². The van der Waals surface area contributed by atoms with Crippen LogP contribution < -0.4 is 89.4 Å². The van der Waals surface area contributed by atoms with Crippen molar-refractivity contribution in [2.45, 2.75) is 13.3 Å². The Morgan fingerprint density at radius 1 is 1.00 bits per heavy atom. The fraction of sp³-hybridized carbons (Fsp3) is 0.120. The van der Waals surface area contributed by atoms with E-state index in [2.05, 4.69) is 35.4 Å². The van der Waals surface area contributed by atoms with E-state index in [9.17, 15) is 19.1 Å². The third-order valence-corrected chi connectivity index (χ3v) is 7.95. The number of rotatable bonds is 9. The van der Waals surface area contributed by atoms with Crippen LogP contribution in [0.2, 0.25) is 0 Å². The number of carbonyl (C=O) groups is 1. The van der Waals surface area contributed by atoms with E-state index in [0.29, 0.717) is 35.2 Å². The smallest absolute Gasteiger partial charge is 0.780 e. The predicted molar refractivity (Wildman–Crippen MR) is 149 cm³/mol. The number of hydrogen-bond donors (Lipinski definition) is 3. The number of thiazole rings is 1. The molecule has 16 heteroatoms. The number of nitrogens with one attached hydrogen (secondary N) is 3. The first-order valence-corrected chi connectivity index (χ1v) is 14.7. The van der Waals surface area contributed by atoms with Crippen molar-refractivity contribution in [3.8, 4) is 16.2 Å². The molecule has 0 radical (unpaired) electrons. The molecule has 3 aromatic heterocycles. The minimum absolute atomic E-state index is 0. The number of hydrogen-bond acceptors (Lipinski definition) is 11. The quantitative estimate of drug-likeness (QED) is 0.132. The number of phosphoric ester groups is 1. The van der Waals surface area contributed by atoms with Crippen LogP contribution in [0.4, 0.5) is 21.4 Å². The fourth-order valence-electron chi connectivity index (χ4n) is 3.73. The van der Waals surface area contributed by atoms with Gasteiger partial charge in [0.05, 0.1) is 10.2 Å². The van der Waals surface area contributed by atoms with Gasteiger partial charge < -0.3 is 29.5 Å². The molecule has 41 heavy (non-hydrogen) atoms. The number of urea groups is 1. The van der Waals surface area contributed by atoms with Gasteiger partial charge in [-0.1, -0.05) is 24.3 Å². The van der Waals surface area contributed by atoms with Crippen molar-refractivity contribution in [1.82, 2.24) is 15.0 Å². The number of amides is 2. The van der Waals surface area contributed by atoms with E-state index in [1.165, 1.54) is 41.1 Å². The van der Waals surface area contributed by atoms with Crippen LogP contribution in [-0.2, 0) is 11.0 Å². The van der Waals surface area contributed by atoms with Gasteiger partial charge in [0.2, 0.25) is 0 Å². The molecule has 0 aliphatic carbocycles. The standard InChI is InChI=1S/C25H23N6O5PS2.2Na/c1-15-4-2-6-17(10-15)30-24(32)31-25-27-13-19(38-25)8-9-26-23-22-20(28-14-29-23)12-21(39-22)16-5-3-7-18(11-16)36-37(33,34)35;;/h2-7,10-14H,8-9H2,1H3,(H,26,28,29)(H2,33,34,35)(H2,27,30,31,32);;/q;2*+1/p-2. The van der Waals surface area contributed by atoms with Gasteiger partial charge in [-0.15, -0.1) is 22.7 Å². The monoisotopic (exact) mass is 626 g/mol. The van der Waals surface area contributed by atoms with E-state index in [4.69, 9.17) is 0 Å². The van der Waals surface area contributed by atoms with E-state index in [1.807, 2.05) is 37.3 Å². The van der Waals surface area contributed by atoms with Gasteiger partial charge in [-0.05, 0) is 48.4 Å². The van der Waals surface area contributed by atoms with E-state index < -0.39 is 7.82 Å². The average molecular weight is 627 g/mol. The summed E-state index contributed by atoms with van der Waals surface area (Å²) in [5.41, 5.74) is 3.17. The number of anilines is 3.